The van der Waals surface area contributed by atoms with E-state index in [9.17, 15) is 18.0 Å². The summed E-state index contributed by atoms with van der Waals surface area (Å²) in [7, 11) is -2.27. The van der Waals surface area contributed by atoms with Gasteiger partial charge in [0.25, 0.3) is 0 Å². The molecule has 0 aliphatic rings. The molecule has 0 fully saturated rings. The molecule has 2 aromatic carbocycles. The summed E-state index contributed by atoms with van der Waals surface area (Å²) in [6.45, 7) is 7.63. The van der Waals surface area contributed by atoms with Gasteiger partial charge in [-0.25, -0.2) is 8.42 Å². The van der Waals surface area contributed by atoms with Gasteiger partial charge in [-0.05, 0) is 41.2 Å². The van der Waals surface area contributed by atoms with E-state index in [1.807, 2.05) is 12.1 Å². The number of hydrogen-bond acceptors (Lipinski definition) is 4. The van der Waals surface area contributed by atoms with Crippen molar-refractivity contribution in [3.8, 4) is 0 Å². The fourth-order valence-electron chi connectivity index (χ4n) is 3.64. The van der Waals surface area contributed by atoms with Crippen molar-refractivity contribution in [2.75, 3.05) is 24.2 Å². The van der Waals surface area contributed by atoms with E-state index in [1.54, 1.807) is 43.3 Å². The standard InChI is InChI=1S/C25H34ClN3O4S/c1-7-22(24(31)27-5)28(16-18-10-8-9-11-21(18)26)23(30)17-29(34(6,32)33)20-14-12-19(13-15-20)25(2,3)4/h8-15,22H,7,16-17H2,1-6H3,(H,27,31)/t22-/m0/s1. The van der Waals surface area contributed by atoms with E-state index < -0.39 is 28.5 Å². The minimum Gasteiger partial charge on any atom is -0.357 e. The van der Waals surface area contributed by atoms with E-state index in [0.29, 0.717) is 22.7 Å². The predicted octanol–water partition coefficient (Wildman–Crippen LogP) is 3.96. The Morgan fingerprint density at radius 3 is 2.12 bits per heavy atom. The molecule has 0 spiro atoms. The highest BCUT2D eigenvalue weighted by Gasteiger charge is 2.31. The summed E-state index contributed by atoms with van der Waals surface area (Å²) in [6.07, 6.45) is 1.42. The lowest BCUT2D eigenvalue weighted by Crippen LogP contribution is -2.51. The van der Waals surface area contributed by atoms with Gasteiger partial charge in [-0.2, -0.15) is 0 Å². The molecule has 2 rings (SSSR count). The maximum Gasteiger partial charge on any atom is 0.244 e. The van der Waals surface area contributed by atoms with E-state index in [2.05, 4.69) is 26.1 Å². The molecule has 0 heterocycles. The van der Waals surface area contributed by atoms with Crippen LogP contribution in [0.1, 0.15) is 45.2 Å². The fraction of sp³-hybridized carbons (Fsp3) is 0.440. The third-order valence-corrected chi connectivity index (χ3v) is 7.14. The Balaban J connectivity index is 2.44. The van der Waals surface area contributed by atoms with Crippen molar-refractivity contribution in [1.82, 2.24) is 10.2 Å². The number of likely N-dealkylation sites (N-methyl/N-ethyl adjacent to an activating group) is 1. The lowest BCUT2D eigenvalue weighted by atomic mass is 9.87. The first kappa shape index (κ1) is 27.7. The molecule has 9 heteroatoms. The highest BCUT2D eigenvalue weighted by molar-refractivity contribution is 7.92. The highest BCUT2D eigenvalue weighted by Crippen LogP contribution is 2.26. The number of amides is 2. The second-order valence-electron chi connectivity index (χ2n) is 9.22. The average Bonchev–Trinajstić information content (AvgIpc) is 2.76. The van der Waals surface area contributed by atoms with Crippen molar-refractivity contribution in [2.24, 2.45) is 0 Å². The van der Waals surface area contributed by atoms with Gasteiger partial charge in [-0.3, -0.25) is 13.9 Å². The van der Waals surface area contributed by atoms with Gasteiger partial charge in [0, 0.05) is 18.6 Å². The van der Waals surface area contributed by atoms with Crippen molar-refractivity contribution >= 4 is 39.1 Å². The summed E-state index contributed by atoms with van der Waals surface area (Å²) in [6, 6.07) is 13.4. The van der Waals surface area contributed by atoms with Crippen LogP contribution in [0.5, 0.6) is 0 Å². The van der Waals surface area contributed by atoms with E-state index in [4.69, 9.17) is 11.6 Å². The Morgan fingerprint density at radius 1 is 1.06 bits per heavy atom. The first-order valence-corrected chi connectivity index (χ1v) is 13.3. The van der Waals surface area contributed by atoms with Gasteiger partial charge in [0.2, 0.25) is 21.8 Å². The number of nitrogens with one attached hydrogen (secondary N) is 1. The van der Waals surface area contributed by atoms with E-state index >= 15 is 0 Å². The Morgan fingerprint density at radius 2 is 1.65 bits per heavy atom. The van der Waals surface area contributed by atoms with Crippen LogP contribution in [0, 0.1) is 0 Å². The summed E-state index contributed by atoms with van der Waals surface area (Å²) in [5.41, 5.74) is 2.00. The zero-order valence-corrected chi connectivity index (χ0v) is 22.2. The number of nitrogens with zero attached hydrogens (tertiary/aromatic N) is 2. The molecule has 0 aliphatic carbocycles. The molecule has 186 valence electrons. The van der Waals surface area contributed by atoms with Crippen LogP contribution in [-0.4, -0.2) is 51.0 Å². The van der Waals surface area contributed by atoms with Crippen molar-refractivity contribution in [1.29, 1.82) is 0 Å². The summed E-state index contributed by atoms with van der Waals surface area (Å²) in [5, 5.41) is 3.05. The molecule has 0 saturated heterocycles. The van der Waals surface area contributed by atoms with Gasteiger partial charge < -0.3 is 10.2 Å². The molecule has 0 aromatic heterocycles. The van der Waals surface area contributed by atoms with Crippen molar-refractivity contribution < 1.29 is 18.0 Å². The number of sulfonamides is 1. The maximum atomic E-state index is 13.5. The summed E-state index contributed by atoms with van der Waals surface area (Å²) in [5.74, 6) is -0.830. The lowest BCUT2D eigenvalue weighted by Gasteiger charge is -2.33. The minimum absolute atomic E-state index is 0.0744. The first-order chi connectivity index (χ1) is 15.8. The molecule has 0 radical (unpaired) electrons. The van der Waals surface area contributed by atoms with Crippen LogP contribution in [0.25, 0.3) is 0 Å². The predicted molar refractivity (Wildman–Crippen MR) is 137 cm³/mol. The lowest BCUT2D eigenvalue weighted by molar-refractivity contribution is -0.140. The van der Waals surface area contributed by atoms with Crippen LogP contribution in [0.15, 0.2) is 48.5 Å². The molecule has 0 saturated carbocycles. The summed E-state index contributed by atoms with van der Waals surface area (Å²) >= 11 is 6.32. The SMILES string of the molecule is CC[C@@H](C(=O)NC)N(Cc1ccccc1Cl)C(=O)CN(c1ccc(C(C)(C)C)cc1)S(C)(=O)=O. The summed E-state index contributed by atoms with van der Waals surface area (Å²) in [4.78, 5) is 27.5. The quantitative estimate of drug-likeness (QED) is 0.556. The van der Waals surface area contributed by atoms with Gasteiger partial charge in [0.05, 0.1) is 11.9 Å². The second-order valence-corrected chi connectivity index (χ2v) is 11.5. The Hall–Kier alpha value is -2.58. The highest BCUT2D eigenvalue weighted by atomic mass is 35.5. The molecule has 7 nitrogen and oxygen atoms in total. The monoisotopic (exact) mass is 507 g/mol. The zero-order chi connectivity index (χ0) is 25.7. The van der Waals surface area contributed by atoms with Crippen LogP contribution < -0.4 is 9.62 Å². The summed E-state index contributed by atoms with van der Waals surface area (Å²) < 4.78 is 26.4. The molecular formula is C25H34ClN3O4S. The number of rotatable bonds is 9. The topological polar surface area (TPSA) is 86.8 Å². The normalized spacial score (nSPS) is 12.7. The third-order valence-electron chi connectivity index (χ3n) is 5.63. The number of hydrogen-bond donors (Lipinski definition) is 1. The van der Waals surface area contributed by atoms with E-state index in [1.165, 1.54) is 11.9 Å². The minimum atomic E-state index is -3.77. The number of halogens is 1. The Bertz CT molecular complexity index is 1110. The van der Waals surface area contributed by atoms with Crippen LogP contribution in [-0.2, 0) is 31.6 Å². The maximum absolute atomic E-state index is 13.5. The van der Waals surface area contributed by atoms with Crippen LogP contribution in [0.2, 0.25) is 5.02 Å². The Kier molecular flexibility index (Phi) is 9.14. The largest absolute Gasteiger partial charge is 0.357 e. The zero-order valence-electron chi connectivity index (χ0n) is 20.6. The van der Waals surface area contributed by atoms with E-state index in [0.717, 1.165) is 16.1 Å². The molecule has 1 N–H and O–H groups in total. The molecule has 0 unspecified atom stereocenters. The Labute approximate surface area is 208 Å². The van der Waals surface area contributed by atoms with Crippen molar-refractivity contribution in [3.63, 3.8) is 0 Å². The van der Waals surface area contributed by atoms with Gasteiger partial charge in [0.1, 0.15) is 12.6 Å². The van der Waals surface area contributed by atoms with Gasteiger partial charge in [-0.15, -0.1) is 0 Å². The van der Waals surface area contributed by atoms with Crippen LogP contribution in [0.4, 0.5) is 5.69 Å². The third kappa shape index (κ3) is 6.96. The smallest absolute Gasteiger partial charge is 0.244 e. The van der Waals surface area contributed by atoms with E-state index in [-0.39, 0.29) is 17.9 Å². The van der Waals surface area contributed by atoms with Gasteiger partial charge >= 0.3 is 0 Å². The number of anilines is 1. The number of carbonyl (C=O) groups is 2. The molecule has 1 atom stereocenters. The molecule has 0 bridgehead atoms. The molecule has 2 aromatic rings. The second kappa shape index (κ2) is 11.2. The van der Waals surface area contributed by atoms with Crippen LogP contribution in [0.3, 0.4) is 0 Å². The average molecular weight is 508 g/mol. The molecular weight excluding hydrogens is 474 g/mol. The first-order valence-electron chi connectivity index (χ1n) is 11.1. The molecule has 34 heavy (non-hydrogen) atoms. The van der Waals surface area contributed by atoms with Crippen molar-refractivity contribution in [3.05, 3.63) is 64.7 Å². The van der Waals surface area contributed by atoms with Crippen molar-refractivity contribution in [2.45, 2.75) is 52.1 Å². The molecule has 2 amide bonds. The molecule has 0 aliphatic heterocycles. The fourth-order valence-corrected chi connectivity index (χ4v) is 4.68. The number of carbonyl (C=O) groups excluding carboxylic acids is 2. The van der Waals surface area contributed by atoms with Gasteiger partial charge in [-0.1, -0.05) is 69.6 Å². The number of benzene rings is 2. The van der Waals surface area contributed by atoms with Gasteiger partial charge in [0.15, 0.2) is 0 Å². The van der Waals surface area contributed by atoms with Crippen LogP contribution >= 0.6 is 11.6 Å².